The first kappa shape index (κ1) is 21.5. The molecule has 0 saturated heterocycles. The van der Waals surface area contributed by atoms with Gasteiger partial charge in [0.2, 0.25) is 0 Å². The van der Waals surface area contributed by atoms with E-state index in [4.69, 9.17) is 4.74 Å². The highest BCUT2D eigenvalue weighted by atomic mass is 16.6. The molecule has 1 N–H and O–H groups in total. The maximum Gasteiger partial charge on any atom is 0.339 e. The Labute approximate surface area is 165 Å². The van der Waals surface area contributed by atoms with Crippen LogP contribution in [0.25, 0.3) is 0 Å². The van der Waals surface area contributed by atoms with Gasteiger partial charge in [-0.15, -0.1) is 0 Å². The Morgan fingerprint density at radius 3 is 2.31 bits per heavy atom. The average Bonchev–Trinajstić information content (AvgIpc) is 3.15. The van der Waals surface area contributed by atoms with E-state index in [0.29, 0.717) is 5.82 Å². The number of nitro benzene ring substituents is 1. The van der Waals surface area contributed by atoms with Gasteiger partial charge in [-0.1, -0.05) is 0 Å². The van der Waals surface area contributed by atoms with Crippen LogP contribution >= 0.6 is 0 Å². The molecule has 0 radical (unpaired) electrons. The lowest BCUT2D eigenvalue weighted by Gasteiger charge is -2.16. The number of nitrogens with zero attached hydrogens (tertiary/aromatic N) is 3. The molecule has 0 saturated carbocycles. The lowest BCUT2D eigenvalue weighted by Crippen LogP contribution is -2.31. The summed E-state index contributed by atoms with van der Waals surface area (Å²) in [4.78, 5) is 46.7. The standard InChI is InChI=1S/C18H20N4O7/c1-10(2)21-15(5-6-19-21)20-16(23)11(3)29-18(25)13-7-12(17(24)28-4)8-14(9-13)22(26)27/h5-11H,1-4H3,(H,20,23). The molecule has 154 valence electrons. The van der Waals surface area contributed by atoms with Gasteiger partial charge < -0.3 is 14.8 Å². The number of ether oxygens (including phenoxy) is 2. The number of nitro groups is 1. The third-order valence-electron chi connectivity index (χ3n) is 3.85. The van der Waals surface area contributed by atoms with Crippen molar-refractivity contribution in [2.24, 2.45) is 0 Å². The van der Waals surface area contributed by atoms with Crippen LogP contribution < -0.4 is 5.32 Å². The number of carbonyl (C=O) groups is 3. The van der Waals surface area contributed by atoms with Crippen LogP contribution in [0.15, 0.2) is 30.5 Å². The van der Waals surface area contributed by atoms with Crippen molar-refractivity contribution in [1.29, 1.82) is 0 Å². The summed E-state index contributed by atoms with van der Waals surface area (Å²) in [7, 11) is 1.10. The van der Waals surface area contributed by atoms with E-state index in [1.54, 1.807) is 10.7 Å². The molecule has 0 fully saturated rings. The van der Waals surface area contributed by atoms with Crippen molar-refractivity contribution >= 4 is 29.4 Å². The van der Waals surface area contributed by atoms with Gasteiger partial charge in [0.1, 0.15) is 5.82 Å². The minimum Gasteiger partial charge on any atom is -0.465 e. The molecule has 11 heteroatoms. The summed E-state index contributed by atoms with van der Waals surface area (Å²) in [5.41, 5.74) is -0.934. The summed E-state index contributed by atoms with van der Waals surface area (Å²) in [6.45, 7) is 5.11. The fraction of sp³-hybridized carbons (Fsp3) is 0.333. The molecule has 0 spiro atoms. The summed E-state index contributed by atoms with van der Waals surface area (Å²) in [5.74, 6) is -2.04. The zero-order valence-corrected chi connectivity index (χ0v) is 16.2. The highest BCUT2D eigenvalue weighted by molar-refractivity contribution is 5.99. The predicted molar refractivity (Wildman–Crippen MR) is 101 cm³/mol. The van der Waals surface area contributed by atoms with Crippen LogP contribution in [0.1, 0.15) is 47.5 Å². The number of rotatable bonds is 7. The summed E-state index contributed by atoms with van der Waals surface area (Å²) in [6, 6.07) is 4.62. The minimum absolute atomic E-state index is 0.000216. The highest BCUT2D eigenvalue weighted by Crippen LogP contribution is 2.20. The molecular formula is C18H20N4O7. The highest BCUT2D eigenvalue weighted by Gasteiger charge is 2.24. The number of benzene rings is 1. The van der Waals surface area contributed by atoms with Crippen LogP contribution in [0.2, 0.25) is 0 Å². The quantitative estimate of drug-likeness (QED) is 0.421. The first-order valence-corrected chi connectivity index (χ1v) is 8.57. The molecule has 11 nitrogen and oxygen atoms in total. The minimum atomic E-state index is -1.21. The number of nitrogens with one attached hydrogen (secondary N) is 1. The Balaban J connectivity index is 2.17. The SMILES string of the molecule is COC(=O)c1cc(C(=O)OC(C)C(=O)Nc2ccnn2C(C)C)cc([N+](=O)[O-])c1. The van der Waals surface area contributed by atoms with Gasteiger partial charge in [-0.3, -0.25) is 14.9 Å². The van der Waals surface area contributed by atoms with Gasteiger partial charge in [0.15, 0.2) is 6.10 Å². The number of hydrogen-bond donors (Lipinski definition) is 1. The Bertz CT molecular complexity index is 951. The van der Waals surface area contributed by atoms with Crippen LogP contribution in [0.5, 0.6) is 0 Å². The number of hydrogen-bond acceptors (Lipinski definition) is 8. The van der Waals surface area contributed by atoms with Gasteiger partial charge in [0.25, 0.3) is 11.6 Å². The lowest BCUT2D eigenvalue weighted by molar-refractivity contribution is -0.384. The predicted octanol–water partition coefficient (Wildman–Crippen LogP) is 2.34. The fourth-order valence-corrected chi connectivity index (χ4v) is 2.40. The van der Waals surface area contributed by atoms with Gasteiger partial charge in [-0.05, 0) is 26.8 Å². The van der Waals surface area contributed by atoms with Crippen molar-refractivity contribution in [3.8, 4) is 0 Å². The lowest BCUT2D eigenvalue weighted by atomic mass is 10.1. The van der Waals surface area contributed by atoms with E-state index in [1.807, 2.05) is 13.8 Å². The van der Waals surface area contributed by atoms with E-state index in [9.17, 15) is 24.5 Å². The van der Waals surface area contributed by atoms with E-state index in [-0.39, 0.29) is 17.2 Å². The molecule has 2 aromatic rings. The normalized spacial score (nSPS) is 11.6. The fourth-order valence-electron chi connectivity index (χ4n) is 2.40. The van der Waals surface area contributed by atoms with E-state index >= 15 is 0 Å². The molecule has 1 heterocycles. The molecule has 1 unspecified atom stereocenters. The third-order valence-corrected chi connectivity index (χ3v) is 3.85. The summed E-state index contributed by atoms with van der Waals surface area (Å²) >= 11 is 0. The second-order valence-electron chi connectivity index (χ2n) is 6.31. The molecule has 0 bridgehead atoms. The van der Waals surface area contributed by atoms with Crippen molar-refractivity contribution < 1.29 is 28.8 Å². The molecule has 2 rings (SSSR count). The van der Waals surface area contributed by atoms with Crippen LogP contribution in [-0.2, 0) is 14.3 Å². The largest absolute Gasteiger partial charge is 0.465 e. The second-order valence-corrected chi connectivity index (χ2v) is 6.31. The van der Waals surface area contributed by atoms with E-state index in [0.717, 1.165) is 25.3 Å². The molecule has 1 atom stereocenters. The van der Waals surface area contributed by atoms with Gasteiger partial charge >= 0.3 is 11.9 Å². The van der Waals surface area contributed by atoms with Gasteiger partial charge in [0.05, 0.1) is 29.4 Å². The molecule has 1 aromatic carbocycles. The van der Waals surface area contributed by atoms with E-state index < -0.39 is 34.6 Å². The van der Waals surface area contributed by atoms with Crippen molar-refractivity contribution in [1.82, 2.24) is 9.78 Å². The van der Waals surface area contributed by atoms with Gasteiger partial charge in [0, 0.05) is 24.2 Å². The first-order valence-electron chi connectivity index (χ1n) is 8.57. The molecule has 1 aromatic heterocycles. The van der Waals surface area contributed by atoms with Crippen LogP contribution in [0.4, 0.5) is 11.5 Å². The average molecular weight is 404 g/mol. The summed E-state index contributed by atoms with van der Waals surface area (Å²) < 4.78 is 11.2. The van der Waals surface area contributed by atoms with Crippen molar-refractivity contribution in [3.05, 3.63) is 51.7 Å². The number of esters is 2. The Morgan fingerprint density at radius 2 is 1.76 bits per heavy atom. The van der Waals surface area contributed by atoms with Crippen LogP contribution in [-0.4, -0.2) is 45.8 Å². The number of aromatic nitrogens is 2. The first-order chi connectivity index (χ1) is 13.6. The Kier molecular flexibility index (Phi) is 6.65. The number of methoxy groups -OCH3 is 1. The maximum absolute atomic E-state index is 12.4. The second kappa shape index (κ2) is 8.95. The number of carbonyl (C=O) groups excluding carboxylic acids is 3. The monoisotopic (exact) mass is 404 g/mol. The summed E-state index contributed by atoms with van der Waals surface area (Å²) in [6.07, 6.45) is 0.308. The topological polar surface area (TPSA) is 143 Å². The third kappa shape index (κ3) is 5.15. The molecule has 1 amide bonds. The van der Waals surface area contributed by atoms with E-state index in [2.05, 4.69) is 15.2 Å². The van der Waals surface area contributed by atoms with Crippen molar-refractivity contribution in [3.63, 3.8) is 0 Å². The number of anilines is 1. The molecule has 29 heavy (non-hydrogen) atoms. The van der Waals surface area contributed by atoms with Crippen molar-refractivity contribution in [2.45, 2.75) is 32.9 Å². The van der Waals surface area contributed by atoms with Gasteiger partial charge in [-0.25, -0.2) is 14.3 Å². The van der Waals surface area contributed by atoms with E-state index in [1.165, 1.54) is 13.1 Å². The van der Waals surface area contributed by atoms with Crippen LogP contribution in [0, 0.1) is 10.1 Å². The molecular weight excluding hydrogens is 384 g/mol. The Hall–Kier alpha value is -3.76. The maximum atomic E-state index is 12.4. The number of amides is 1. The molecule has 0 aliphatic heterocycles. The smallest absolute Gasteiger partial charge is 0.339 e. The van der Waals surface area contributed by atoms with Gasteiger partial charge in [-0.2, -0.15) is 5.10 Å². The zero-order valence-electron chi connectivity index (χ0n) is 16.2. The van der Waals surface area contributed by atoms with Crippen LogP contribution in [0.3, 0.4) is 0 Å². The molecule has 0 aliphatic rings. The molecule has 0 aliphatic carbocycles. The zero-order chi connectivity index (χ0) is 21.7. The van der Waals surface area contributed by atoms with Crippen molar-refractivity contribution in [2.75, 3.05) is 12.4 Å². The summed E-state index contributed by atoms with van der Waals surface area (Å²) in [5, 5.41) is 17.7. The Morgan fingerprint density at radius 1 is 1.14 bits per heavy atom. The number of non-ortho nitro benzene ring substituents is 1.